The van der Waals surface area contributed by atoms with E-state index in [9.17, 15) is 19.7 Å². The first-order valence-electron chi connectivity index (χ1n) is 5.20. The van der Waals surface area contributed by atoms with Crippen LogP contribution in [0.5, 0.6) is 0 Å². The van der Waals surface area contributed by atoms with Crippen LogP contribution in [-0.4, -0.2) is 14.5 Å². The van der Waals surface area contributed by atoms with Gasteiger partial charge < -0.3 is 0 Å². The van der Waals surface area contributed by atoms with Crippen molar-refractivity contribution in [2.75, 3.05) is 0 Å². The van der Waals surface area contributed by atoms with Gasteiger partial charge >= 0.3 is 5.69 Å². The molecule has 0 unspecified atom stereocenters. The Morgan fingerprint density at radius 3 is 2.68 bits per heavy atom. The third-order valence-electron chi connectivity index (χ3n) is 2.48. The minimum atomic E-state index is -0.602. The van der Waals surface area contributed by atoms with Crippen molar-refractivity contribution in [3.8, 4) is 0 Å². The van der Waals surface area contributed by atoms with Crippen molar-refractivity contribution in [1.82, 2.24) is 9.55 Å². The van der Waals surface area contributed by atoms with Crippen LogP contribution in [0.15, 0.2) is 40.1 Å². The summed E-state index contributed by atoms with van der Waals surface area (Å²) in [4.78, 5) is 34.6. The molecule has 98 valence electrons. The summed E-state index contributed by atoms with van der Waals surface area (Å²) in [5.74, 6) is 0. The molecule has 0 aliphatic carbocycles. The lowest BCUT2D eigenvalue weighted by atomic mass is 10.2. The van der Waals surface area contributed by atoms with Gasteiger partial charge in [0.15, 0.2) is 0 Å². The van der Waals surface area contributed by atoms with Crippen LogP contribution in [-0.2, 0) is 6.54 Å². The first-order chi connectivity index (χ1) is 8.97. The molecule has 8 heteroatoms. The molecule has 1 N–H and O–H groups in total. The number of H-pyrrole nitrogens is 1. The lowest BCUT2D eigenvalue weighted by Crippen LogP contribution is -2.28. The monoisotopic (exact) mass is 281 g/mol. The van der Waals surface area contributed by atoms with E-state index in [1.54, 1.807) is 0 Å². The Balaban J connectivity index is 2.42. The quantitative estimate of drug-likeness (QED) is 0.674. The fraction of sp³-hybridized carbons (Fsp3) is 0.0909. The molecule has 0 bridgehead atoms. The highest BCUT2D eigenvalue weighted by molar-refractivity contribution is 6.31. The van der Waals surface area contributed by atoms with E-state index in [4.69, 9.17) is 11.6 Å². The summed E-state index contributed by atoms with van der Waals surface area (Å²) in [5.41, 5.74) is -0.802. The molecule has 7 nitrogen and oxygen atoms in total. The van der Waals surface area contributed by atoms with E-state index in [0.717, 1.165) is 0 Å². The van der Waals surface area contributed by atoms with Gasteiger partial charge in [0.1, 0.15) is 0 Å². The molecule has 0 atom stereocenters. The van der Waals surface area contributed by atoms with Gasteiger partial charge in [-0.05, 0) is 11.6 Å². The second kappa shape index (κ2) is 5.07. The van der Waals surface area contributed by atoms with E-state index in [2.05, 4.69) is 4.98 Å². The molecule has 1 aromatic carbocycles. The fourth-order valence-corrected chi connectivity index (χ4v) is 1.73. The van der Waals surface area contributed by atoms with Crippen LogP contribution in [0.4, 0.5) is 5.69 Å². The van der Waals surface area contributed by atoms with E-state index < -0.39 is 16.2 Å². The summed E-state index contributed by atoms with van der Waals surface area (Å²) in [5, 5.41) is 11.0. The number of nitro groups is 1. The molecule has 0 amide bonds. The van der Waals surface area contributed by atoms with Gasteiger partial charge in [-0.2, -0.15) is 0 Å². The summed E-state index contributed by atoms with van der Waals surface area (Å²) < 4.78 is 1.20. The van der Waals surface area contributed by atoms with Crippen molar-refractivity contribution in [2.24, 2.45) is 0 Å². The third-order valence-corrected chi connectivity index (χ3v) is 2.85. The largest absolute Gasteiger partial charge is 0.328 e. The van der Waals surface area contributed by atoms with Gasteiger partial charge in [0.05, 0.1) is 11.5 Å². The number of halogens is 1. The van der Waals surface area contributed by atoms with Crippen molar-refractivity contribution in [1.29, 1.82) is 0 Å². The summed E-state index contributed by atoms with van der Waals surface area (Å²) in [6.07, 6.45) is 1.30. The van der Waals surface area contributed by atoms with Crippen LogP contribution in [0.3, 0.4) is 0 Å². The van der Waals surface area contributed by atoms with E-state index >= 15 is 0 Å². The molecule has 0 radical (unpaired) electrons. The summed E-state index contributed by atoms with van der Waals surface area (Å²) in [6.45, 7) is 0.0378. The van der Waals surface area contributed by atoms with Crippen LogP contribution in [0.25, 0.3) is 0 Å². The predicted octanol–water partition coefficient (Wildman–Crippen LogP) is 1.15. The zero-order valence-electron chi connectivity index (χ0n) is 9.50. The smallest absolute Gasteiger partial charge is 0.296 e. The highest BCUT2D eigenvalue weighted by atomic mass is 35.5. The molecule has 0 fully saturated rings. The molecular formula is C11H8ClN3O4. The topological polar surface area (TPSA) is 98.0 Å². The first kappa shape index (κ1) is 13.0. The number of hydrogen-bond acceptors (Lipinski definition) is 4. The number of rotatable bonds is 3. The zero-order valence-corrected chi connectivity index (χ0v) is 10.3. The molecule has 2 aromatic rings. The van der Waals surface area contributed by atoms with Crippen molar-refractivity contribution in [2.45, 2.75) is 6.54 Å². The highest BCUT2D eigenvalue weighted by Gasteiger charge is 2.10. The van der Waals surface area contributed by atoms with Crippen molar-refractivity contribution < 1.29 is 4.92 Å². The van der Waals surface area contributed by atoms with Crippen molar-refractivity contribution >= 4 is 17.3 Å². The second-order valence-corrected chi connectivity index (χ2v) is 4.18. The molecule has 0 saturated carbocycles. The van der Waals surface area contributed by atoms with Gasteiger partial charge in [0, 0.05) is 29.4 Å². The standard InChI is InChI=1S/C11H8ClN3O4/c12-9-2-1-8(15(18)19)5-7(9)6-14-4-3-10(16)13-11(14)17/h1-5H,6H2,(H,13,16,17). The number of aromatic amines is 1. The number of nitrogens with one attached hydrogen (secondary N) is 1. The summed E-state index contributed by atoms with van der Waals surface area (Å²) >= 11 is 5.92. The maximum atomic E-state index is 11.5. The SMILES string of the molecule is O=c1ccn(Cc2cc([N+](=O)[O-])ccc2Cl)c(=O)[nH]1. The average molecular weight is 282 g/mol. The fourth-order valence-electron chi connectivity index (χ4n) is 1.55. The van der Waals surface area contributed by atoms with Gasteiger partial charge in [0.25, 0.3) is 11.2 Å². The number of hydrogen-bond donors (Lipinski definition) is 1. The summed E-state index contributed by atoms with van der Waals surface area (Å²) in [6, 6.07) is 5.15. The molecule has 19 heavy (non-hydrogen) atoms. The number of nitro benzene ring substituents is 1. The normalized spacial score (nSPS) is 10.4. The van der Waals surface area contributed by atoms with Crippen molar-refractivity contribution in [3.63, 3.8) is 0 Å². The maximum Gasteiger partial charge on any atom is 0.328 e. The number of benzene rings is 1. The first-order valence-corrected chi connectivity index (χ1v) is 5.58. The highest BCUT2D eigenvalue weighted by Crippen LogP contribution is 2.22. The Bertz CT molecular complexity index is 750. The number of aromatic nitrogens is 2. The average Bonchev–Trinajstić information content (AvgIpc) is 2.34. The van der Waals surface area contributed by atoms with Gasteiger partial charge in [-0.15, -0.1) is 0 Å². The van der Waals surface area contributed by atoms with E-state index in [1.165, 1.54) is 35.0 Å². The van der Waals surface area contributed by atoms with E-state index in [-0.39, 0.29) is 12.2 Å². The molecule has 0 spiro atoms. The number of nitrogens with zero attached hydrogens (tertiary/aromatic N) is 2. The predicted molar refractivity (Wildman–Crippen MR) is 68.5 cm³/mol. The summed E-state index contributed by atoms with van der Waals surface area (Å²) in [7, 11) is 0. The Labute approximate surface area is 111 Å². The van der Waals surface area contributed by atoms with Gasteiger partial charge in [0.2, 0.25) is 0 Å². The lowest BCUT2D eigenvalue weighted by Gasteiger charge is -2.06. The maximum absolute atomic E-state index is 11.5. The van der Waals surface area contributed by atoms with Crippen LogP contribution in [0.1, 0.15) is 5.56 Å². The Kier molecular flexibility index (Phi) is 3.48. The third kappa shape index (κ3) is 2.89. The van der Waals surface area contributed by atoms with E-state index in [0.29, 0.717) is 10.6 Å². The van der Waals surface area contributed by atoms with Gasteiger partial charge in [-0.1, -0.05) is 11.6 Å². The molecule has 0 aliphatic heterocycles. The molecule has 0 aliphatic rings. The zero-order chi connectivity index (χ0) is 14.0. The second-order valence-electron chi connectivity index (χ2n) is 3.77. The van der Waals surface area contributed by atoms with Crippen LogP contribution >= 0.6 is 11.6 Å². The lowest BCUT2D eigenvalue weighted by molar-refractivity contribution is -0.384. The molecular weight excluding hydrogens is 274 g/mol. The molecule has 1 heterocycles. The van der Waals surface area contributed by atoms with E-state index in [1.807, 2.05) is 0 Å². The minimum absolute atomic E-state index is 0.0378. The van der Waals surface area contributed by atoms with Crippen molar-refractivity contribution in [3.05, 3.63) is 72.0 Å². The van der Waals surface area contributed by atoms with Gasteiger partial charge in [-0.3, -0.25) is 24.5 Å². The van der Waals surface area contributed by atoms with Crippen LogP contribution < -0.4 is 11.2 Å². The minimum Gasteiger partial charge on any atom is -0.296 e. The molecule has 1 aromatic heterocycles. The Hall–Kier alpha value is -2.41. The number of non-ortho nitro benzene ring substituents is 1. The Morgan fingerprint density at radius 1 is 1.32 bits per heavy atom. The molecule has 0 saturated heterocycles. The Morgan fingerprint density at radius 2 is 2.05 bits per heavy atom. The van der Waals surface area contributed by atoms with Crippen LogP contribution in [0, 0.1) is 10.1 Å². The van der Waals surface area contributed by atoms with Gasteiger partial charge in [-0.25, -0.2) is 4.79 Å². The van der Waals surface area contributed by atoms with Crippen LogP contribution in [0.2, 0.25) is 5.02 Å². The molecule has 2 rings (SSSR count).